The molecule has 0 saturated heterocycles. The van der Waals surface area contributed by atoms with E-state index in [0.717, 1.165) is 22.1 Å². The third-order valence-corrected chi connectivity index (χ3v) is 2.73. The number of hydrogen-bond donors (Lipinski definition) is 1. The molecule has 82 valence electrons. The molecule has 2 N–H and O–H groups in total. The second kappa shape index (κ2) is 4.49. The molecule has 0 aromatic carbocycles. The first kappa shape index (κ1) is 10.9. The molecule has 16 heavy (non-hydrogen) atoms. The summed E-state index contributed by atoms with van der Waals surface area (Å²) in [5.74, 6) is 1.28. The van der Waals surface area contributed by atoms with Gasteiger partial charge in [-0.05, 0) is 31.4 Å². The van der Waals surface area contributed by atoms with Crippen molar-refractivity contribution < 1.29 is 0 Å². The lowest BCUT2D eigenvalue weighted by atomic mass is 10.2. The number of nitrogen functional groups attached to an aromatic ring is 1. The van der Waals surface area contributed by atoms with Gasteiger partial charge in [0.1, 0.15) is 16.7 Å². The van der Waals surface area contributed by atoms with Gasteiger partial charge in [-0.3, -0.25) is 0 Å². The van der Waals surface area contributed by atoms with E-state index in [9.17, 15) is 0 Å². The third-order valence-electron chi connectivity index (χ3n) is 2.11. The smallest absolute Gasteiger partial charge is 0.127 e. The summed E-state index contributed by atoms with van der Waals surface area (Å²) in [5, 5.41) is 0.958. The molecule has 0 bridgehead atoms. The average molecular weight is 232 g/mol. The van der Waals surface area contributed by atoms with Gasteiger partial charge in [-0.1, -0.05) is 0 Å². The van der Waals surface area contributed by atoms with E-state index in [-0.39, 0.29) is 0 Å². The summed E-state index contributed by atoms with van der Waals surface area (Å²) < 4.78 is 0. The van der Waals surface area contributed by atoms with Gasteiger partial charge in [-0.15, -0.1) is 11.8 Å². The molecule has 2 aromatic heterocycles. The monoisotopic (exact) mass is 232 g/mol. The van der Waals surface area contributed by atoms with Gasteiger partial charge in [0.2, 0.25) is 0 Å². The quantitative estimate of drug-likeness (QED) is 0.635. The lowest BCUT2D eigenvalue weighted by Crippen LogP contribution is -1.94. The minimum Gasteiger partial charge on any atom is -0.384 e. The number of pyridine rings is 1. The van der Waals surface area contributed by atoms with E-state index in [1.54, 1.807) is 24.0 Å². The van der Waals surface area contributed by atoms with Crippen molar-refractivity contribution in [1.82, 2.24) is 15.0 Å². The maximum absolute atomic E-state index is 5.54. The van der Waals surface area contributed by atoms with Gasteiger partial charge in [0.15, 0.2) is 0 Å². The molecular formula is C11H12N4S. The van der Waals surface area contributed by atoms with Gasteiger partial charge in [-0.2, -0.15) is 0 Å². The first-order chi connectivity index (χ1) is 7.69. The second-order valence-corrected chi connectivity index (χ2v) is 4.14. The van der Waals surface area contributed by atoms with Crippen molar-refractivity contribution in [3.05, 3.63) is 30.2 Å². The van der Waals surface area contributed by atoms with Crippen LogP contribution in [0.15, 0.2) is 29.4 Å². The van der Waals surface area contributed by atoms with Crippen LogP contribution in [0.4, 0.5) is 5.82 Å². The fourth-order valence-corrected chi connectivity index (χ4v) is 1.80. The highest BCUT2D eigenvalue weighted by Crippen LogP contribution is 2.21. The summed E-state index contributed by atoms with van der Waals surface area (Å²) in [7, 11) is 0. The molecule has 2 rings (SSSR count). The predicted molar refractivity (Wildman–Crippen MR) is 66.2 cm³/mol. The zero-order chi connectivity index (χ0) is 11.5. The molecule has 0 fully saturated rings. The van der Waals surface area contributed by atoms with Crippen molar-refractivity contribution in [1.29, 1.82) is 0 Å². The van der Waals surface area contributed by atoms with Gasteiger partial charge < -0.3 is 5.73 Å². The van der Waals surface area contributed by atoms with Crippen LogP contribution in [-0.4, -0.2) is 21.2 Å². The number of rotatable bonds is 2. The molecule has 0 unspecified atom stereocenters. The Morgan fingerprint density at radius 2 is 2.06 bits per heavy atom. The maximum Gasteiger partial charge on any atom is 0.127 e. The first-order valence-corrected chi connectivity index (χ1v) is 6.03. The Morgan fingerprint density at radius 1 is 1.25 bits per heavy atom. The van der Waals surface area contributed by atoms with E-state index in [4.69, 9.17) is 5.73 Å². The average Bonchev–Trinajstić information content (AvgIpc) is 2.29. The molecule has 2 aromatic rings. The van der Waals surface area contributed by atoms with Crippen molar-refractivity contribution in [3.8, 4) is 11.3 Å². The molecule has 0 radical (unpaired) electrons. The summed E-state index contributed by atoms with van der Waals surface area (Å²) in [6.45, 7) is 1.88. The van der Waals surface area contributed by atoms with Crippen LogP contribution >= 0.6 is 11.8 Å². The standard InChI is InChI=1S/C11H12N4S/c1-7-14-9(5-11(15-7)16-2)8-3-4-10(12)13-6-8/h3-6H,1-2H3,(H2,12,13). The van der Waals surface area contributed by atoms with Crippen LogP contribution in [-0.2, 0) is 0 Å². The zero-order valence-corrected chi connectivity index (χ0v) is 9.95. The number of aromatic nitrogens is 3. The first-order valence-electron chi connectivity index (χ1n) is 4.80. The Morgan fingerprint density at radius 3 is 2.69 bits per heavy atom. The SMILES string of the molecule is CSc1cc(-c2ccc(N)nc2)nc(C)n1. The van der Waals surface area contributed by atoms with E-state index >= 15 is 0 Å². The van der Waals surface area contributed by atoms with Crippen molar-refractivity contribution in [3.63, 3.8) is 0 Å². The van der Waals surface area contributed by atoms with Crippen LogP contribution in [0.1, 0.15) is 5.82 Å². The van der Waals surface area contributed by atoms with Crippen molar-refractivity contribution in [2.75, 3.05) is 12.0 Å². The van der Waals surface area contributed by atoms with Crippen LogP contribution in [0.5, 0.6) is 0 Å². The normalized spacial score (nSPS) is 10.4. The van der Waals surface area contributed by atoms with E-state index in [1.807, 2.05) is 25.3 Å². The molecule has 5 heteroatoms. The van der Waals surface area contributed by atoms with Crippen LogP contribution in [0, 0.1) is 6.92 Å². The Kier molecular flexibility index (Phi) is 3.05. The van der Waals surface area contributed by atoms with Crippen molar-refractivity contribution >= 4 is 17.6 Å². The molecular weight excluding hydrogens is 220 g/mol. The van der Waals surface area contributed by atoms with Crippen LogP contribution < -0.4 is 5.73 Å². The Balaban J connectivity index is 2.47. The molecule has 4 nitrogen and oxygen atoms in total. The fourth-order valence-electron chi connectivity index (χ4n) is 1.35. The van der Waals surface area contributed by atoms with Gasteiger partial charge in [0.25, 0.3) is 0 Å². The summed E-state index contributed by atoms with van der Waals surface area (Å²) in [5.41, 5.74) is 7.38. The van der Waals surface area contributed by atoms with Gasteiger partial charge in [-0.25, -0.2) is 15.0 Å². The Bertz CT molecular complexity index is 496. The van der Waals surface area contributed by atoms with E-state index in [1.165, 1.54) is 0 Å². The molecule has 0 aliphatic rings. The summed E-state index contributed by atoms with van der Waals surface area (Å²) in [6, 6.07) is 5.63. The molecule has 0 aliphatic carbocycles. The number of anilines is 1. The summed E-state index contributed by atoms with van der Waals surface area (Å²) in [4.78, 5) is 12.7. The highest BCUT2D eigenvalue weighted by Gasteiger charge is 2.04. The molecule has 0 spiro atoms. The summed E-state index contributed by atoms with van der Waals surface area (Å²) in [6.07, 6.45) is 3.72. The molecule has 0 amide bonds. The lowest BCUT2D eigenvalue weighted by molar-refractivity contribution is 0.973. The topological polar surface area (TPSA) is 64.7 Å². The van der Waals surface area contributed by atoms with Crippen LogP contribution in [0.25, 0.3) is 11.3 Å². The van der Waals surface area contributed by atoms with Gasteiger partial charge in [0, 0.05) is 11.8 Å². The van der Waals surface area contributed by atoms with Crippen LogP contribution in [0.3, 0.4) is 0 Å². The van der Waals surface area contributed by atoms with E-state index in [2.05, 4.69) is 15.0 Å². The van der Waals surface area contributed by atoms with Gasteiger partial charge >= 0.3 is 0 Å². The second-order valence-electron chi connectivity index (χ2n) is 3.31. The van der Waals surface area contributed by atoms with E-state index in [0.29, 0.717) is 5.82 Å². The number of nitrogens with zero attached hydrogens (tertiary/aromatic N) is 3. The minimum absolute atomic E-state index is 0.514. The molecule has 2 heterocycles. The number of hydrogen-bond acceptors (Lipinski definition) is 5. The Hall–Kier alpha value is -1.62. The zero-order valence-electron chi connectivity index (χ0n) is 9.14. The third kappa shape index (κ3) is 2.30. The van der Waals surface area contributed by atoms with Gasteiger partial charge in [0.05, 0.1) is 5.69 Å². The van der Waals surface area contributed by atoms with E-state index < -0.39 is 0 Å². The minimum atomic E-state index is 0.514. The molecule has 0 aliphatic heterocycles. The fraction of sp³-hybridized carbons (Fsp3) is 0.182. The highest BCUT2D eigenvalue weighted by molar-refractivity contribution is 7.98. The lowest BCUT2D eigenvalue weighted by Gasteiger charge is -2.04. The predicted octanol–water partition coefficient (Wildman–Crippen LogP) is 2.15. The highest BCUT2D eigenvalue weighted by atomic mass is 32.2. The molecule has 0 atom stereocenters. The Labute approximate surface area is 98.3 Å². The maximum atomic E-state index is 5.54. The number of aryl methyl sites for hydroxylation is 1. The van der Waals surface area contributed by atoms with Crippen LogP contribution in [0.2, 0.25) is 0 Å². The largest absolute Gasteiger partial charge is 0.384 e. The molecule has 0 saturated carbocycles. The van der Waals surface area contributed by atoms with Crippen molar-refractivity contribution in [2.45, 2.75) is 11.9 Å². The number of nitrogens with two attached hydrogens (primary N) is 1. The summed E-state index contributed by atoms with van der Waals surface area (Å²) >= 11 is 1.60. The number of thioether (sulfide) groups is 1. The van der Waals surface area contributed by atoms with Crippen molar-refractivity contribution in [2.24, 2.45) is 0 Å².